The van der Waals surface area contributed by atoms with Gasteiger partial charge in [-0.05, 0) is 42.3 Å². The molecule has 1 aromatic heterocycles. The third kappa shape index (κ3) is 5.35. The summed E-state index contributed by atoms with van der Waals surface area (Å²) in [5.41, 5.74) is 2.40. The van der Waals surface area contributed by atoms with E-state index in [9.17, 15) is 13.2 Å². The molecule has 2 aromatic carbocycles. The number of amides is 1. The zero-order valence-corrected chi connectivity index (χ0v) is 18.0. The standard InChI is InChI=1S/C20H21N3O5S2/c1-27-17-9-6-14(11-18(17)28-2)16-12-29-20(22-16)23-19(24)10-5-13-3-7-15(8-4-13)30(21,25)26/h3-4,6-9,11-12H,5,10H2,1-2H3,(H2,21,25,26)(H,22,23,24). The predicted molar refractivity (Wildman–Crippen MR) is 115 cm³/mol. The summed E-state index contributed by atoms with van der Waals surface area (Å²) >= 11 is 1.33. The number of methoxy groups -OCH3 is 2. The van der Waals surface area contributed by atoms with E-state index in [4.69, 9.17) is 14.6 Å². The van der Waals surface area contributed by atoms with E-state index in [1.165, 1.54) is 23.5 Å². The molecule has 1 heterocycles. The number of thiazole rings is 1. The highest BCUT2D eigenvalue weighted by Crippen LogP contribution is 2.33. The lowest BCUT2D eigenvalue weighted by molar-refractivity contribution is -0.116. The van der Waals surface area contributed by atoms with Gasteiger partial charge in [0, 0.05) is 17.4 Å². The molecule has 0 unspecified atom stereocenters. The Kier molecular flexibility index (Phi) is 6.70. The van der Waals surface area contributed by atoms with Crippen molar-refractivity contribution in [1.29, 1.82) is 0 Å². The largest absolute Gasteiger partial charge is 0.493 e. The van der Waals surface area contributed by atoms with Crippen molar-refractivity contribution in [2.45, 2.75) is 17.7 Å². The second-order valence-electron chi connectivity index (χ2n) is 6.34. The molecule has 0 aliphatic carbocycles. The zero-order chi connectivity index (χ0) is 21.7. The number of aryl methyl sites for hydroxylation is 1. The molecule has 158 valence electrons. The number of hydrogen-bond donors (Lipinski definition) is 2. The molecule has 1 amide bonds. The van der Waals surface area contributed by atoms with E-state index in [2.05, 4.69) is 10.3 Å². The molecular formula is C20H21N3O5S2. The van der Waals surface area contributed by atoms with E-state index in [-0.39, 0.29) is 17.2 Å². The van der Waals surface area contributed by atoms with Gasteiger partial charge in [0.05, 0.1) is 24.8 Å². The third-order valence-corrected chi connectivity index (χ3v) is 6.01. The number of rotatable bonds is 8. The molecule has 8 nitrogen and oxygen atoms in total. The summed E-state index contributed by atoms with van der Waals surface area (Å²) in [7, 11) is -0.583. The van der Waals surface area contributed by atoms with E-state index in [0.717, 1.165) is 16.8 Å². The van der Waals surface area contributed by atoms with Crippen molar-refractivity contribution in [1.82, 2.24) is 4.98 Å². The maximum Gasteiger partial charge on any atom is 0.238 e. The van der Waals surface area contributed by atoms with Crippen LogP contribution >= 0.6 is 11.3 Å². The van der Waals surface area contributed by atoms with Gasteiger partial charge < -0.3 is 14.8 Å². The highest BCUT2D eigenvalue weighted by molar-refractivity contribution is 7.89. The summed E-state index contributed by atoms with van der Waals surface area (Å²) in [6.07, 6.45) is 0.699. The number of nitrogens with one attached hydrogen (secondary N) is 1. The van der Waals surface area contributed by atoms with Gasteiger partial charge in [-0.1, -0.05) is 12.1 Å². The molecule has 0 spiro atoms. The second-order valence-corrected chi connectivity index (χ2v) is 8.76. The van der Waals surface area contributed by atoms with Crippen LogP contribution in [0.2, 0.25) is 0 Å². The zero-order valence-electron chi connectivity index (χ0n) is 16.4. The molecule has 0 fully saturated rings. The normalized spacial score (nSPS) is 11.2. The molecule has 30 heavy (non-hydrogen) atoms. The van der Waals surface area contributed by atoms with Crippen LogP contribution in [0.5, 0.6) is 11.5 Å². The molecular weight excluding hydrogens is 426 g/mol. The van der Waals surface area contributed by atoms with Gasteiger partial charge in [0.2, 0.25) is 15.9 Å². The highest BCUT2D eigenvalue weighted by atomic mass is 32.2. The van der Waals surface area contributed by atoms with Crippen LogP contribution in [0.25, 0.3) is 11.3 Å². The highest BCUT2D eigenvalue weighted by Gasteiger charge is 2.12. The van der Waals surface area contributed by atoms with Crippen molar-refractivity contribution in [2.75, 3.05) is 19.5 Å². The molecule has 3 aromatic rings. The van der Waals surface area contributed by atoms with E-state index in [1.807, 2.05) is 17.5 Å². The monoisotopic (exact) mass is 447 g/mol. The minimum absolute atomic E-state index is 0.0428. The molecule has 0 radical (unpaired) electrons. The van der Waals surface area contributed by atoms with Gasteiger partial charge >= 0.3 is 0 Å². The lowest BCUT2D eigenvalue weighted by atomic mass is 10.1. The van der Waals surface area contributed by atoms with Gasteiger partial charge in [-0.2, -0.15) is 0 Å². The van der Waals surface area contributed by atoms with Crippen LogP contribution in [0, 0.1) is 0 Å². The van der Waals surface area contributed by atoms with Crippen molar-refractivity contribution in [3.8, 4) is 22.8 Å². The Morgan fingerprint density at radius 3 is 2.43 bits per heavy atom. The molecule has 3 N–H and O–H groups in total. The number of anilines is 1. The number of primary sulfonamides is 1. The minimum Gasteiger partial charge on any atom is -0.493 e. The Balaban J connectivity index is 1.60. The van der Waals surface area contributed by atoms with E-state index in [1.54, 1.807) is 32.4 Å². The fraction of sp³-hybridized carbons (Fsp3) is 0.200. The fourth-order valence-electron chi connectivity index (χ4n) is 2.74. The van der Waals surface area contributed by atoms with Crippen molar-refractivity contribution in [3.63, 3.8) is 0 Å². The molecule has 0 saturated carbocycles. The summed E-state index contributed by atoms with van der Waals surface area (Å²) in [5, 5.41) is 10.2. The van der Waals surface area contributed by atoms with Crippen LogP contribution < -0.4 is 19.9 Å². The number of aromatic nitrogens is 1. The number of ether oxygens (including phenoxy) is 2. The molecule has 0 bridgehead atoms. The lowest BCUT2D eigenvalue weighted by Gasteiger charge is -2.08. The summed E-state index contributed by atoms with van der Waals surface area (Å²) in [6.45, 7) is 0. The predicted octanol–water partition coefficient (Wildman–Crippen LogP) is 3.05. The Labute approximate surface area is 178 Å². The summed E-state index contributed by atoms with van der Waals surface area (Å²) in [4.78, 5) is 16.7. The van der Waals surface area contributed by atoms with Gasteiger partial charge in [0.25, 0.3) is 0 Å². The number of carbonyl (C=O) groups is 1. The van der Waals surface area contributed by atoms with Crippen LogP contribution in [0.3, 0.4) is 0 Å². The number of sulfonamides is 1. The topological polar surface area (TPSA) is 121 Å². The van der Waals surface area contributed by atoms with Crippen LogP contribution in [0.1, 0.15) is 12.0 Å². The minimum atomic E-state index is -3.72. The molecule has 0 aliphatic heterocycles. The van der Waals surface area contributed by atoms with Crippen molar-refractivity contribution in [3.05, 3.63) is 53.4 Å². The first kappa shape index (κ1) is 21.8. The van der Waals surface area contributed by atoms with E-state index >= 15 is 0 Å². The molecule has 0 saturated heterocycles. The van der Waals surface area contributed by atoms with Crippen molar-refractivity contribution >= 4 is 32.4 Å². The van der Waals surface area contributed by atoms with Gasteiger partial charge in [-0.15, -0.1) is 11.3 Å². The Bertz CT molecular complexity index is 1140. The molecule has 10 heteroatoms. The lowest BCUT2D eigenvalue weighted by Crippen LogP contribution is -2.13. The van der Waals surface area contributed by atoms with Crippen molar-refractivity contribution in [2.24, 2.45) is 5.14 Å². The van der Waals surface area contributed by atoms with Gasteiger partial charge in [-0.25, -0.2) is 18.5 Å². The number of hydrogen-bond acceptors (Lipinski definition) is 7. The van der Waals surface area contributed by atoms with Crippen LogP contribution in [-0.2, 0) is 21.2 Å². The van der Waals surface area contributed by atoms with Crippen LogP contribution in [-0.4, -0.2) is 33.5 Å². The first-order valence-corrected chi connectivity index (χ1v) is 11.3. The Hall–Kier alpha value is -2.95. The van der Waals surface area contributed by atoms with Gasteiger partial charge in [0.1, 0.15) is 0 Å². The SMILES string of the molecule is COc1ccc(-c2csc(NC(=O)CCc3ccc(S(N)(=O)=O)cc3)n2)cc1OC. The van der Waals surface area contributed by atoms with Gasteiger partial charge in [-0.3, -0.25) is 4.79 Å². The molecule has 3 rings (SSSR count). The molecule has 0 atom stereocenters. The van der Waals surface area contributed by atoms with Crippen molar-refractivity contribution < 1.29 is 22.7 Å². The maximum atomic E-state index is 12.2. The Morgan fingerprint density at radius 2 is 1.80 bits per heavy atom. The number of nitrogens with two attached hydrogens (primary N) is 1. The first-order valence-electron chi connectivity index (χ1n) is 8.89. The summed E-state index contributed by atoms with van der Waals surface area (Å²) in [6, 6.07) is 11.6. The van der Waals surface area contributed by atoms with Crippen LogP contribution in [0.15, 0.2) is 52.7 Å². The number of nitrogens with zero attached hydrogens (tertiary/aromatic N) is 1. The summed E-state index contributed by atoms with van der Waals surface area (Å²) in [5.74, 6) is 1.04. The number of carbonyl (C=O) groups excluding carboxylic acids is 1. The third-order valence-electron chi connectivity index (χ3n) is 4.32. The first-order chi connectivity index (χ1) is 14.3. The average molecular weight is 448 g/mol. The summed E-state index contributed by atoms with van der Waals surface area (Å²) < 4.78 is 33.1. The number of benzene rings is 2. The fourth-order valence-corrected chi connectivity index (χ4v) is 4.00. The van der Waals surface area contributed by atoms with Gasteiger partial charge in [0.15, 0.2) is 16.6 Å². The van der Waals surface area contributed by atoms with Crippen LogP contribution in [0.4, 0.5) is 5.13 Å². The Morgan fingerprint density at radius 1 is 1.10 bits per heavy atom. The van der Waals surface area contributed by atoms with E-state index < -0.39 is 10.0 Å². The quantitative estimate of drug-likeness (QED) is 0.548. The molecule has 0 aliphatic rings. The van der Waals surface area contributed by atoms with E-state index in [0.29, 0.717) is 23.1 Å². The maximum absolute atomic E-state index is 12.2. The average Bonchev–Trinajstić information content (AvgIpc) is 3.19. The smallest absolute Gasteiger partial charge is 0.238 e. The second kappa shape index (κ2) is 9.24.